The van der Waals surface area contributed by atoms with Crippen molar-refractivity contribution in [1.82, 2.24) is 5.32 Å². The molecule has 0 aromatic rings. The Hall–Kier alpha value is -0.240. The predicted molar refractivity (Wildman–Crippen MR) is 49.7 cm³/mol. The van der Waals surface area contributed by atoms with Gasteiger partial charge in [0.2, 0.25) is 0 Å². The van der Waals surface area contributed by atoms with Crippen molar-refractivity contribution < 1.29 is 4.79 Å². The molecular formula is C7H10INO. The molecule has 0 radical (unpaired) electrons. The van der Waals surface area contributed by atoms with Gasteiger partial charge in [0.15, 0.2) is 0 Å². The molecule has 10 heavy (non-hydrogen) atoms. The summed E-state index contributed by atoms with van der Waals surface area (Å²) in [4.78, 5) is 10.7. The van der Waals surface area contributed by atoms with E-state index in [0.29, 0.717) is 0 Å². The van der Waals surface area contributed by atoms with E-state index in [1.807, 2.05) is 36.4 Å². The van der Waals surface area contributed by atoms with E-state index in [4.69, 9.17) is 0 Å². The SMILES string of the molecule is CCC(C)NC(=O)C#CI. The van der Waals surface area contributed by atoms with Gasteiger partial charge in [-0.1, -0.05) is 6.92 Å². The molecule has 1 atom stereocenters. The average Bonchev–Trinajstić information content (AvgIpc) is 1.88. The summed E-state index contributed by atoms with van der Waals surface area (Å²) in [5.41, 5.74) is 0. The highest BCUT2D eigenvalue weighted by atomic mass is 127. The maximum atomic E-state index is 10.7. The van der Waals surface area contributed by atoms with Crippen LogP contribution in [0.2, 0.25) is 0 Å². The molecule has 0 aliphatic heterocycles. The van der Waals surface area contributed by atoms with E-state index in [1.54, 1.807) is 0 Å². The molecule has 0 spiro atoms. The van der Waals surface area contributed by atoms with Crippen molar-refractivity contribution in [3.8, 4) is 9.85 Å². The number of nitrogens with one attached hydrogen (secondary N) is 1. The minimum Gasteiger partial charge on any atom is -0.343 e. The van der Waals surface area contributed by atoms with Crippen molar-refractivity contribution in [2.75, 3.05) is 0 Å². The molecule has 1 N–H and O–H groups in total. The zero-order valence-corrected chi connectivity index (χ0v) is 8.23. The predicted octanol–water partition coefficient (Wildman–Crippen LogP) is 1.30. The first-order chi connectivity index (χ1) is 4.70. The summed E-state index contributed by atoms with van der Waals surface area (Å²) in [5.74, 6) is 2.21. The fraction of sp³-hybridized carbons (Fsp3) is 0.571. The van der Waals surface area contributed by atoms with Crippen LogP contribution in [0.25, 0.3) is 0 Å². The lowest BCUT2D eigenvalue weighted by Gasteiger charge is -2.06. The first-order valence-electron chi connectivity index (χ1n) is 3.12. The Bertz CT molecular complexity index is 168. The second kappa shape index (κ2) is 5.54. The molecular weight excluding hydrogens is 241 g/mol. The second-order valence-corrected chi connectivity index (χ2v) is 2.54. The number of amides is 1. The van der Waals surface area contributed by atoms with Crippen molar-refractivity contribution in [2.45, 2.75) is 26.3 Å². The topological polar surface area (TPSA) is 29.1 Å². The number of hydrogen-bond donors (Lipinski definition) is 1. The van der Waals surface area contributed by atoms with Crippen LogP contribution in [0.15, 0.2) is 0 Å². The third-order valence-corrected chi connectivity index (χ3v) is 1.42. The molecule has 0 fully saturated rings. The van der Waals surface area contributed by atoms with E-state index in [2.05, 4.69) is 15.2 Å². The first-order valence-corrected chi connectivity index (χ1v) is 4.20. The van der Waals surface area contributed by atoms with Gasteiger partial charge in [0.25, 0.3) is 5.91 Å². The largest absolute Gasteiger partial charge is 0.343 e. The number of hydrogen-bond acceptors (Lipinski definition) is 1. The van der Waals surface area contributed by atoms with Crippen molar-refractivity contribution in [1.29, 1.82) is 0 Å². The Balaban J connectivity index is 3.64. The maximum Gasteiger partial charge on any atom is 0.296 e. The van der Waals surface area contributed by atoms with Gasteiger partial charge < -0.3 is 5.32 Å². The summed E-state index contributed by atoms with van der Waals surface area (Å²) in [6.45, 7) is 3.97. The Morgan fingerprint density at radius 1 is 1.80 bits per heavy atom. The number of rotatable bonds is 2. The summed E-state index contributed by atoms with van der Waals surface area (Å²) >= 11 is 1.84. The van der Waals surface area contributed by atoms with Gasteiger partial charge in [0, 0.05) is 34.6 Å². The quantitative estimate of drug-likeness (QED) is 0.581. The molecule has 1 unspecified atom stereocenters. The van der Waals surface area contributed by atoms with Crippen LogP contribution in [-0.4, -0.2) is 11.9 Å². The van der Waals surface area contributed by atoms with Crippen LogP contribution in [0.4, 0.5) is 0 Å². The Morgan fingerprint density at radius 2 is 2.40 bits per heavy atom. The summed E-state index contributed by atoms with van der Waals surface area (Å²) in [5, 5.41) is 2.71. The lowest BCUT2D eigenvalue weighted by atomic mass is 10.2. The van der Waals surface area contributed by atoms with Crippen LogP contribution in [0, 0.1) is 9.85 Å². The van der Waals surface area contributed by atoms with Crippen LogP contribution >= 0.6 is 22.6 Å². The van der Waals surface area contributed by atoms with E-state index in [1.165, 1.54) is 0 Å². The number of carbonyl (C=O) groups excluding carboxylic acids is 1. The third-order valence-electron chi connectivity index (χ3n) is 1.15. The summed E-state index contributed by atoms with van der Waals surface area (Å²) in [7, 11) is 0. The first kappa shape index (κ1) is 9.76. The Labute approximate surface area is 74.9 Å². The van der Waals surface area contributed by atoms with E-state index in [-0.39, 0.29) is 11.9 Å². The van der Waals surface area contributed by atoms with Crippen molar-refractivity contribution >= 4 is 28.5 Å². The molecule has 0 aliphatic carbocycles. The van der Waals surface area contributed by atoms with Gasteiger partial charge in [-0.05, 0) is 17.3 Å². The second-order valence-electron chi connectivity index (χ2n) is 2.00. The van der Waals surface area contributed by atoms with Crippen LogP contribution in [-0.2, 0) is 4.79 Å². The smallest absolute Gasteiger partial charge is 0.296 e. The molecule has 0 heterocycles. The summed E-state index contributed by atoms with van der Waals surface area (Å²) in [6.07, 6.45) is 0.939. The fourth-order valence-electron chi connectivity index (χ4n) is 0.405. The van der Waals surface area contributed by atoms with Crippen LogP contribution in [0.1, 0.15) is 20.3 Å². The summed E-state index contributed by atoms with van der Waals surface area (Å²) < 4.78 is 2.50. The van der Waals surface area contributed by atoms with Crippen molar-refractivity contribution in [3.05, 3.63) is 0 Å². The molecule has 56 valence electrons. The zero-order chi connectivity index (χ0) is 7.98. The van der Waals surface area contributed by atoms with E-state index in [0.717, 1.165) is 6.42 Å². The standard InChI is InChI=1S/C7H10INO/c1-3-6(2)9-7(10)4-5-8/h6H,3H2,1-2H3,(H,9,10). The van der Waals surface area contributed by atoms with E-state index >= 15 is 0 Å². The molecule has 0 saturated carbocycles. The third kappa shape index (κ3) is 4.62. The van der Waals surface area contributed by atoms with Crippen molar-refractivity contribution in [3.63, 3.8) is 0 Å². The van der Waals surface area contributed by atoms with Crippen LogP contribution < -0.4 is 5.32 Å². The number of halogens is 1. The molecule has 0 bridgehead atoms. The average molecular weight is 251 g/mol. The lowest BCUT2D eigenvalue weighted by Crippen LogP contribution is -2.30. The molecule has 0 aromatic heterocycles. The van der Waals surface area contributed by atoms with E-state index in [9.17, 15) is 4.79 Å². The van der Waals surface area contributed by atoms with Gasteiger partial charge in [-0.15, -0.1) is 0 Å². The highest BCUT2D eigenvalue weighted by Crippen LogP contribution is 1.86. The van der Waals surface area contributed by atoms with Gasteiger partial charge in [-0.25, -0.2) is 0 Å². The van der Waals surface area contributed by atoms with Crippen LogP contribution in [0.3, 0.4) is 0 Å². The van der Waals surface area contributed by atoms with E-state index < -0.39 is 0 Å². The maximum absolute atomic E-state index is 10.7. The molecule has 0 saturated heterocycles. The molecule has 0 rings (SSSR count). The lowest BCUT2D eigenvalue weighted by molar-refractivity contribution is -0.116. The molecule has 3 heteroatoms. The fourth-order valence-corrected chi connectivity index (χ4v) is 0.650. The van der Waals surface area contributed by atoms with Gasteiger partial charge >= 0.3 is 0 Å². The van der Waals surface area contributed by atoms with Crippen LogP contribution in [0.5, 0.6) is 0 Å². The Morgan fingerprint density at radius 3 is 2.80 bits per heavy atom. The zero-order valence-electron chi connectivity index (χ0n) is 6.07. The van der Waals surface area contributed by atoms with Gasteiger partial charge in [-0.2, -0.15) is 0 Å². The van der Waals surface area contributed by atoms with Gasteiger partial charge in [0.1, 0.15) is 0 Å². The molecule has 0 aromatic carbocycles. The Kier molecular flexibility index (Phi) is 5.40. The summed E-state index contributed by atoms with van der Waals surface area (Å²) in [6, 6.07) is 0.227. The minimum absolute atomic E-state index is 0.191. The molecule has 1 amide bonds. The normalized spacial score (nSPS) is 11.1. The van der Waals surface area contributed by atoms with Crippen molar-refractivity contribution in [2.24, 2.45) is 0 Å². The minimum atomic E-state index is -0.191. The highest BCUT2D eigenvalue weighted by Gasteiger charge is 1.99. The van der Waals surface area contributed by atoms with Gasteiger partial charge in [0.05, 0.1) is 0 Å². The molecule has 0 aliphatic rings. The number of carbonyl (C=O) groups is 1. The molecule has 2 nitrogen and oxygen atoms in total. The monoisotopic (exact) mass is 251 g/mol. The van der Waals surface area contributed by atoms with Gasteiger partial charge in [-0.3, -0.25) is 4.79 Å². The highest BCUT2D eigenvalue weighted by molar-refractivity contribution is 14.1.